The van der Waals surface area contributed by atoms with Crippen molar-refractivity contribution >= 4 is 5.91 Å². The Bertz CT molecular complexity index is 453. The number of nitrogens with one attached hydrogen (secondary N) is 1. The predicted octanol–water partition coefficient (Wildman–Crippen LogP) is -1.78. The Kier molecular flexibility index (Phi) is 4.69. The molecule has 1 saturated heterocycles. The third kappa shape index (κ3) is 2.97. The van der Waals surface area contributed by atoms with Crippen LogP contribution in [0.5, 0.6) is 0 Å². The van der Waals surface area contributed by atoms with E-state index in [-0.39, 0.29) is 0 Å². The smallest absolute Gasteiger partial charge is 0.251 e. The summed E-state index contributed by atoms with van der Waals surface area (Å²) in [6, 6.07) is 7.07. The van der Waals surface area contributed by atoms with Crippen LogP contribution in [0, 0.1) is 0 Å². The molecule has 7 heteroatoms. The van der Waals surface area contributed by atoms with Crippen molar-refractivity contribution < 1.29 is 30.0 Å². The summed E-state index contributed by atoms with van der Waals surface area (Å²) in [4.78, 5) is 11.9. The molecule has 7 nitrogen and oxygen atoms in total. The highest BCUT2D eigenvalue weighted by atomic mass is 16.6. The Morgan fingerprint density at radius 3 is 2.40 bits per heavy atom. The molecule has 5 atom stereocenters. The lowest BCUT2D eigenvalue weighted by Crippen LogP contribution is -2.64. The average molecular weight is 283 g/mol. The van der Waals surface area contributed by atoms with Crippen LogP contribution in [0.4, 0.5) is 0 Å². The minimum atomic E-state index is -1.52. The summed E-state index contributed by atoms with van der Waals surface area (Å²) in [7, 11) is 0. The Morgan fingerprint density at radius 2 is 1.80 bits per heavy atom. The second kappa shape index (κ2) is 6.29. The molecule has 5 N–H and O–H groups in total. The van der Waals surface area contributed by atoms with Crippen molar-refractivity contribution in [3.8, 4) is 0 Å². The van der Waals surface area contributed by atoms with Gasteiger partial charge in [-0.3, -0.25) is 4.79 Å². The zero-order valence-electron chi connectivity index (χ0n) is 10.6. The maximum atomic E-state index is 11.9. The number of aliphatic hydroxyl groups is 4. The normalized spacial score (nSPS) is 33.7. The molecule has 1 heterocycles. The van der Waals surface area contributed by atoms with E-state index in [1.165, 1.54) is 0 Å². The van der Waals surface area contributed by atoms with Gasteiger partial charge >= 0.3 is 0 Å². The Labute approximate surface area is 115 Å². The van der Waals surface area contributed by atoms with E-state index < -0.39 is 43.2 Å². The molecule has 0 bridgehead atoms. The van der Waals surface area contributed by atoms with Crippen molar-refractivity contribution in [3.05, 3.63) is 35.9 Å². The van der Waals surface area contributed by atoms with E-state index in [2.05, 4.69) is 5.32 Å². The zero-order chi connectivity index (χ0) is 14.7. The summed E-state index contributed by atoms with van der Waals surface area (Å²) in [6.45, 7) is -0.547. The number of aliphatic hydroxyl groups excluding tert-OH is 4. The average Bonchev–Trinajstić information content (AvgIpc) is 2.48. The van der Waals surface area contributed by atoms with Gasteiger partial charge in [0.15, 0.2) is 6.29 Å². The van der Waals surface area contributed by atoms with Gasteiger partial charge in [0.25, 0.3) is 5.91 Å². The molecule has 0 aliphatic carbocycles. The van der Waals surface area contributed by atoms with Crippen molar-refractivity contribution in [2.75, 3.05) is 6.61 Å². The fourth-order valence-corrected chi connectivity index (χ4v) is 2.08. The second-order valence-corrected chi connectivity index (χ2v) is 4.59. The molecular formula is C13H17NO6. The van der Waals surface area contributed by atoms with E-state index in [0.717, 1.165) is 0 Å². The number of hydrogen-bond donors (Lipinski definition) is 5. The fourth-order valence-electron chi connectivity index (χ4n) is 2.08. The van der Waals surface area contributed by atoms with Gasteiger partial charge in [0.2, 0.25) is 0 Å². The standard InChI is InChI=1S/C13H17NO6/c15-6-8-10(16)11(17)9(13(19)20-8)14-12(18)7-4-2-1-3-5-7/h1-5,8-11,13,15-17,19H,6H2,(H,14,18)/t8-,9+,10-,11-,13+/m1/s1. The van der Waals surface area contributed by atoms with Gasteiger partial charge in [-0.2, -0.15) is 0 Å². The molecule has 0 aromatic heterocycles. The van der Waals surface area contributed by atoms with Crippen LogP contribution >= 0.6 is 0 Å². The van der Waals surface area contributed by atoms with Crippen LogP contribution < -0.4 is 5.32 Å². The number of amides is 1. The van der Waals surface area contributed by atoms with Gasteiger partial charge in [0.05, 0.1) is 6.61 Å². The minimum absolute atomic E-state index is 0.352. The van der Waals surface area contributed by atoms with E-state index in [9.17, 15) is 20.1 Å². The molecule has 0 spiro atoms. The lowest BCUT2D eigenvalue weighted by atomic mass is 9.97. The van der Waals surface area contributed by atoms with Crippen molar-refractivity contribution in [2.45, 2.75) is 30.6 Å². The van der Waals surface area contributed by atoms with E-state index in [4.69, 9.17) is 9.84 Å². The first-order chi connectivity index (χ1) is 9.54. The molecule has 0 unspecified atom stereocenters. The number of carbonyl (C=O) groups excluding carboxylic acids is 1. The first-order valence-electron chi connectivity index (χ1n) is 6.21. The molecule has 1 fully saturated rings. The third-order valence-corrected chi connectivity index (χ3v) is 3.23. The van der Waals surface area contributed by atoms with Crippen LogP contribution in [0.15, 0.2) is 30.3 Å². The number of carbonyl (C=O) groups is 1. The fraction of sp³-hybridized carbons (Fsp3) is 0.462. The van der Waals surface area contributed by atoms with Crippen molar-refractivity contribution in [2.24, 2.45) is 0 Å². The second-order valence-electron chi connectivity index (χ2n) is 4.59. The van der Waals surface area contributed by atoms with Crippen LogP contribution in [0.2, 0.25) is 0 Å². The van der Waals surface area contributed by atoms with Crippen LogP contribution in [0.1, 0.15) is 10.4 Å². The summed E-state index contributed by atoms with van der Waals surface area (Å²) in [5.74, 6) is -0.507. The van der Waals surface area contributed by atoms with Crippen molar-refractivity contribution in [3.63, 3.8) is 0 Å². The Balaban J connectivity index is 2.07. The highest BCUT2D eigenvalue weighted by molar-refractivity contribution is 5.94. The number of benzene rings is 1. The molecule has 1 aromatic rings. The summed E-state index contributed by atoms with van der Waals surface area (Å²) >= 11 is 0. The quantitative estimate of drug-likeness (QED) is 0.447. The third-order valence-electron chi connectivity index (χ3n) is 3.23. The minimum Gasteiger partial charge on any atom is -0.394 e. The van der Waals surface area contributed by atoms with Crippen molar-refractivity contribution in [1.29, 1.82) is 0 Å². The molecular weight excluding hydrogens is 266 g/mol. The molecule has 20 heavy (non-hydrogen) atoms. The van der Waals surface area contributed by atoms with E-state index in [0.29, 0.717) is 5.56 Å². The Morgan fingerprint density at radius 1 is 1.15 bits per heavy atom. The van der Waals surface area contributed by atoms with Crippen LogP contribution in [0.25, 0.3) is 0 Å². The molecule has 1 aromatic carbocycles. The molecule has 110 valence electrons. The maximum Gasteiger partial charge on any atom is 0.251 e. The highest BCUT2D eigenvalue weighted by Crippen LogP contribution is 2.20. The molecule has 0 radical (unpaired) electrons. The first-order valence-corrected chi connectivity index (χ1v) is 6.21. The maximum absolute atomic E-state index is 11.9. The van der Waals surface area contributed by atoms with Gasteiger partial charge < -0.3 is 30.5 Å². The van der Waals surface area contributed by atoms with Gasteiger partial charge in [-0.1, -0.05) is 18.2 Å². The lowest BCUT2D eigenvalue weighted by Gasteiger charge is -2.40. The van der Waals surface area contributed by atoms with Gasteiger partial charge in [0, 0.05) is 5.56 Å². The summed E-state index contributed by atoms with van der Waals surface area (Å²) in [5, 5.41) is 40.7. The summed E-state index contributed by atoms with van der Waals surface area (Å²) in [6.07, 6.45) is -5.45. The predicted molar refractivity (Wildman–Crippen MR) is 67.7 cm³/mol. The van der Waals surface area contributed by atoms with Crippen LogP contribution in [-0.4, -0.2) is 63.6 Å². The van der Waals surface area contributed by atoms with Gasteiger partial charge in [-0.25, -0.2) is 0 Å². The molecule has 1 aliphatic rings. The first kappa shape index (κ1) is 14.9. The van der Waals surface area contributed by atoms with E-state index in [1.54, 1.807) is 30.3 Å². The number of hydrogen-bond acceptors (Lipinski definition) is 6. The Hall–Kier alpha value is -1.51. The largest absolute Gasteiger partial charge is 0.394 e. The van der Waals surface area contributed by atoms with Crippen LogP contribution in [-0.2, 0) is 4.74 Å². The highest BCUT2D eigenvalue weighted by Gasteiger charge is 2.44. The van der Waals surface area contributed by atoms with Gasteiger partial charge in [0.1, 0.15) is 24.4 Å². The molecule has 0 saturated carbocycles. The SMILES string of the molecule is O=C(N[C@H]1[C@@H](O)[C@H](O)[C@@H](CO)O[C@@H]1O)c1ccccc1. The topological polar surface area (TPSA) is 119 Å². The van der Waals surface area contributed by atoms with E-state index in [1.807, 2.05) is 0 Å². The molecule has 2 rings (SSSR count). The zero-order valence-corrected chi connectivity index (χ0v) is 10.6. The number of rotatable bonds is 3. The van der Waals surface area contributed by atoms with E-state index >= 15 is 0 Å². The van der Waals surface area contributed by atoms with Crippen molar-refractivity contribution in [1.82, 2.24) is 5.32 Å². The summed E-state index contributed by atoms with van der Waals surface area (Å²) < 4.78 is 4.95. The van der Waals surface area contributed by atoms with Crippen LogP contribution in [0.3, 0.4) is 0 Å². The molecule has 1 amide bonds. The number of ether oxygens (including phenoxy) is 1. The summed E-state index contributed by atoms with van der Waals surface area (Å²) in [5.41, 5.74) is 0.352. The lowest BCUT2D eigenvalue weighted by molar-refractivity contribution is -0.252. The monoisotopic (exact) mass is 283 g/mol. The molecule has 1 aliphatic heterocycles. The van der Waals surface area contributed by atoms with Gasteiger partial charge in [-0.15, -0.1) is 0 Å². The van der Waals surface area contributed by atoms with Gasteiger partial charge in [-0.05, 0) is 12.1 Å².